The van der Waals surface area contributed by atoms with Crippen LogP contribution >= 0.6 is 0 Å². The lowest BCUT2D eigenvalue weighted by molar-refractivity contribution is -0.136. The van der Waals surface area contributed by atoms with E-state index in [1.54, 1.807) is 0 Å². The van der Waals surface area contributed by atoms with E-state index in [-0.39, 0.29) is 12.0 Å². The first-order valence-electron chi connectivity index (χ1n) is 7.76. The average Bonchev–Trinajstić information content (AvgIpc) is 2.36. The van der Waals surface area contributed by atoms with Crippen molar-refractivity contribution < 1.29 is 20.1 Å². The molecule has 0 aliphatic carbocycles. The zero-order valence-corrected chi connectivity index (χ0v) is 12.9. The summed E-state index contributed by atoms with van der Waals surface area (Å²) in [6, 6.07) is 0. The Bertz CT molecular complexity index is 295. The Hall–Kier alpha value is -0.870. The van der Waals surface area contributed by atoms with Crippen LogP contribution in [0.4, 0.5) is 0 Å². The molecular formula is C16H30O4. The van der Waals surface area contributed by atoms with E-state index in [0.29, 0.717) is 6.42 Å². The van der Waals surface area contributed by atoms with Crippen LogP contribution < -0.4 is 0 Å². The maximum Gasteiger partial charge on any atom is 0.331 e. The smallest absolute Gasteiger partial charge is 0.331 e. The summed E-state index contributed by atoms with van der Waals surface area (Å²) in [5, 5.41) is 28.0. The Morgan fingerprint density at radius 2 is 1.40 bits per heavy atom. The molecule has 0 radical (unpaired) electrons. The van der Waals surface area contributed by atoms with Gasteiger partial charge in [-0.25, -0.2) is 4.79 Å². The largest absolute Gasteiger partial charge is 0.478 e. The number of hydrogen-bond donors (Lipinski definition) is 3. The lowest BCUT2D eigenvalue weighted by atomic mass is 10.0. The van der Waals surface area contributed by atoms with Crippen molar-refractivity contribution in [2.24, 2.45) is 0 Å². The third-order valence-electron chi connectivity index (χ3n) is 3.43. The Morgan fingerprint density at radius 1 is 0.950 bits per heavy atom. The highest BCUT2D eigenvalue weighted by Crippen LogP contribution is 2.17. The predicted molar refractivity (Wildman–Crippen MR) is 80.4 cm³/mol. The normalized spacial score (nSPS) is 12.7. The average molecular weight is 286 g/mol. The first-order chi connectivity index (χ1) is 9.39. The molecule has 118 valence electrons. The van der Waals surface area contributed by atoms with E-state index >= 15 is 0 Å². The molecular weight excluding hydrogens is 256 g/mol. The van der Waals surface area contributed by atoms with Crippen LogP contribution in [0.15, 0.2) is 11.6 Å². The van der Waals surface area contributed by atoms with Crippen LogP contribution in [0.25, 0.3) is 0 Å². The molecule has 0 aromatic rings. The van der Waals surface area contributed by atoms with Crippen LogP contribution in [0.5, 0.6) is 0 Å². The Kier molecular flexibility index (Phi) is 10.4. The number of carboxylic acids is 1. The number of hydrogen-bond acceptors (Lipinski definition) is 3. The second kappa shape index (κ2) is 10.9. The molecule has 0 heterocycles. The van der Waals surface area contributed by atoms with E-state index in [4.69, 9.17) is 5.11 Å². The van der Waals surface area contributed by atoms with Crippen molar-refractivity contribution in [2.45, 2.75) is 83.8 Å². The van der Waals surface area contributed by atoms with E-state index in [1.165, 1.54) is 45.4 Å². The minimum Gasteiger partial charge on any atom is -0.478 e. The fourth-order valence-electron chi connectivity index (χ4n) is 2.18. The van der Waals surface area contributed by atoms with Gasteiger partial charge in [0.25, 0.3) is 0 Å². The summed E-state index contributed by atoms with van der Waals surface area (Å²) in [6.07, 6.45) is 11.6. The Labute approximate surface area is 122 Å². The van der Waals surface area contributed by atoms with E-state index in [0.717, 1.165) is 18.9 Å². The molecule has 20 heavy (non-hydrogen) atoms. The fraction of sp³-hybridized carbons (Fsp3) is 0.812. The summed E-state index contributed by atoms with van der Waals surface area (Å²) in [5.74, 6) is -3.12. The SMILES string of the molecule is CCCCCCCCCCCC(O)(O)C=C(C)C(=O)O. The topological polar surface area (TPSA) is 77.8 Å². The van der Waals surface area contributed by atoms with Gasteiger partial charge in [0, 0.05) is 12.0 Å². The van der Waals surface area contributed by atoms with Crippen LogP contribution in [0, 0.1) is 0 Å². The van der Waals surface area contributed by atoms with Crippen molar-refractivity contribution in [2.75, 3.05) is 0 Å². The third kappa shape index (κ3) is 11.0. The van der Waals surface area contributed by atoms with Crippen LogP contribution in [0.1, 0.15) is 78.1 Å². The van der Waals surface area contributed by atoms with Crippen molar-refractivity contribution in [3.63, 3.8) is 0 Å². The number of aliphatic hydroxyl groups is 2. The molecule has 0 amide bonds. The number of aliphatic carboxylic acids is 1. The zero-order chi connectivity index (χ0) is 15.4. The van der Waals surface area contributed by atoms with Gasteiger partial charge >= 0.3 is 5.97 Å². The van der Waals surface area contributed by atoms with Gasteiger partial charge in [0.15, 0.2) is 5.79 Å². The first kappa shape index (κ1) is 19.1. The summed E-state index contributed by atoms with van der Waals surface area (Å²) >= 11 is 0. The summed E-state index contributed by atoms with van der Waals surface area (Å²) in [7, 11) is 0. The summed E-state index contributed by atoms with van der Waals surface area (Å²) < 4.78 is 0. The molecule has 0 bridgehead atoms. The highest BCUT2D eigenvalue weighted by Gasteiger charge is 2.20. The maximum absolute atomic E-state index is 10.6. The van der Waals surface area contributed by atoms with Crippen LogP contribution in [0.2, 0.25) is 0 Å². The highest BCUT2D eigenvalue weighted by molar-refractivity contribution is 5.85. The molecule has 0 fully saturated rings. The molecule has 0 atom stereocenters. The number of rotatable bonds is 12. The number of carboxylic acid groups (broad SMARTS) is 1. The van der Waals surface area contributed by atoms with Gasteiger partial charge in [-0.15, -0.1) is 0 Å². The molecule has 3 N–H and O–H groups in total. The molecule has 0 aromatic heterocycles. The van der Waals surface area contributed by atoms with Crippen LogP contribution in [-0.4, -0.2) is 27.1 Å². The van der Waals surface area contributed by atoms with Crippen LogP contribution in [0.3, 0.4) is 0 Å². The van der Waals surface area contributed by atoms with Crippen molar-refractivity contribution in [1.29, 1.82) is 0 Å². The molecule has 0 rings (SSSR count). The molecule has 0 aromatic carbocycles. The molecule has 0 saturated heterocycles. The van der Waals surface area contributed by atoms with Crippen molar-refractivity contribution in [3.8, 4) is 0 Å². The molecule has 0 aliphatic rings. The zero-order valence-electron chi connectivity index (χ0n) is 12.9. The van der Waals surface area contributed by atoms with E-state index in [9.17, 15) is 15.0 Å². The summed E-state index contributed by atoms with van der Waals surface area (Å²) in [5.41, 5.74) is -0.0362. The van der Waals surface area contributed by atoms with Crippen molar-refractivity contribution in [1.82, 2.24) is 0 Å². The molecule has 0 unspecified atom stereocenters. The third-order valence-corrected chi connectivity index (χ3v) is 3.43. The molecule has 4 heteroatoms. The highest BCUT2D eigenvalue weighted by atomic mass is 16.5. The molecule has 0 aliphatic heterocycles. The van der Waals surface area contributed by atoms with Gasteiger partial charge in [-0.05, 0) is 19.4 Å². The predicted octanol–water partition coefficient (Wildman–Crippen LogP) is 3.62. The van der Waals surface area contributed by atoms with Gasteiger partial charge < -0.3 is 15.3 Å². The van der Waals surface area contributed by atoms with Gasteiger partial charge in [0.2, 0.25) is 0 Å². The lowest BCUT2D eigenvalue weighted by Crippen LogP contribution is -2.26. The standard InChI is InChI=1S/C16H30O4/c1-3-4-5-6-7-8-9-10-11-12-16(19,20)13-14(2)15(17)18/h13,19-20H,3-12H2,1-2H3,(H,17,18). The van der Waals surface area contributed by atoms with Crippen molar-refractivity contribution >= 4 is 5.97 Å². The van der Waals surface area contributed by atoms with E-state index in [1.807, 2.05) is 0 Å². The number of unbranched alkanes of at least 4 members (excludes halogenated alkanes) is 8. The van der Waals surface area contributed by atoms with Gasteiger partial charge in [-0.1, -0.05) is 58.3 Å². The first-order valence-corrected chi connectivity index (χ1v) is 7.76. The van der Waals surface area contributed by atoms with Crippen LogP contribution in [-0.2, 0) is 4.79 Å². The second-order valence-electron chi connectivity index (χ2n) is 5.59. The minimum absolute atomic E-state index is 0.0362. The summed E-state index contributed by atoms with van der Waals surface area (Å²) in [4.78, 5) is 10.6. The van der Waals surface area contributed by atoms with Gasteiger partial charge in [-0.2, -0.15) is 0 Å². The van der Waals surface area contributed by atoms with Gasteiger partial charge in [0.1, 0.15) is 0 Å². The Morgan fingerprint density at radius 3 is 1.85 bits per heavy atom. The lowest BCUT2D eigenvalue weighted by Gasteiger charge is -2.17. The minimum atomic E-state index is -2.00. The Balaban J connectivity index is 3.63. The number of carbonyl (C=O) groups is 1. The molecule has 0 spiro atoms. The molecule has 4 nitrogen and oxygen atoms in total. The van der Waals surface area contributed by atoms with E-state index < -0.39 is 11.8 Å². The maximum atomic E-state index is 10.6. The fourth-order valence-corrected chi connectivity index (χ4v) is 2.18. The van der Waals surface area contributed by atoms with Crippen molar-refractivity contribution in [3.05, 3.63) is 11.6 Å². The van der Waals surface area contributed by atoms with Gasteiger partial charge in [0.05, 0.1) is 0 Å². The van der Waals surface area contributed by atoms with E-state index in [2.05, 4.69) is 6.92 Å². The quantitative estimate of drug-likeness (QED) is 0.291. The second-order valence-corrected chi connectivity index (χ2v) is 5.59. The summed E-state index contributed by atoms with van der Waals surface area (Å²) in [6.45, 7) is 3.57. The van der Waals surface area contributed by atoms with Gasteiger partial charge in [-0.3, -0.25) is 0 Å². The molecule has 0 saturated carbocycles. The monoisotopic (exact) mass is 286 g/mol.